The van der Waals surface area contributed by atoms with Gasteiger partial charge in [-0.05, 0) is 49.3 Å². The summed E-state index contributed by atoms with van der Waals surface area (Å²) in [4.78, 5) is 0. The van der Waals surface area contributed by atoms with Crippen LogP contribution >= 0.6 is 0 Å². The molecule has 1 saturated heterocycles. The van der Waals surface area contributed by atoms with Crippen molar-refractivity contribution in [2.45, 2.75) is 43.9 Å². The molecular weight excluding hydrogens is 327 g/mol. The number of halogens is 3. The first kappa shape index (κ1) is 16.8. The van der Waals surface area contributed by atoms with Crippen molar-refractivity contribution in [2.75, 3.05) is 11.5 Å². The molecule has 128 valence electrons. The van der Waals surface area contributed by atoms with Gasteiger partial charge in [-0.3, -0.25) is 0 Å². The molecule has 1 atom stereocenters. The molecule has 23 heavy (non-hydrogen) atoms. The summed E-state index contributed by atoms with van der Waals surface area (Å²) in [5, 5.41) is 3.42. The van der Waals surface area contributed by atoms with Gasteiger partial charge in [0.15, 0.2) is 0 Å². The van der Waals surface area contributed by atoms with Crippen LogP contribution in [0.1, 0.15) is 42.9 Å². The van der Waals surface area contributed by atoms with Gasteiger partial charge in [-0.15, -0.1) is 0 Å². The number of benzene rings is 1. The number of rotatable bonds is 4. The molecule has 1 N–H and O–H groups in total. The largest absolute Gasteiger partial charge is 0.416 e. The fourth-order valence-electron chi connectivity index (χ4n) is 3.15. The van der Waals surface area contributed by atoms with Gasteiger partial charge in [-0.1, -0.05) is 12.1 Å². The van der Waals surface area contributed by atoms with E-state index in [1.165, 1.54) is 12.1 Å². The summed E-state index contributed by atoms with van der Waals surface area (Å²) in [5.74, 6) is 0.659. The van der Waals surface area contributed by atoms with Gasteiger partial charge in [-0.2, -0.15) is 13.2 Å². The average molecular weight is 347 g/mol. The van der Waals surface area contributed by atoms with E-state index in [1.807, 2.05) is 0 Å². The summed E-state index contributed by atoms with van der Waals surface area (Å²) in [7, 11) is -2.94. The molecule has 2 fully saturated rings. The van der Waals surface area contributed by atoms with Gasteiger partial charge in [0, 0.05) is 12.1 Å². The molecule has 1 aliphatic carbocycles. The Labute approximate surface area is 134 Å². The van der Waals surface area contributed by atoms with Gasteiger partial charge < -0.3 is 5.32 Å². The summed E-state index contributed by atoms with van der Waals surface area (Å²) >= 11 is 0. The monoisotopic (exact) mass is 347 g/mol. The smallest absolute Gasteiger partial charge is 0.307 e. The Morgan fingerprint density at radius 2 is 1.74 bits per heavy atom. The van der Waals surface area contributed by atoms with E-state index in [1.54, 1.807) is 6.07 Å². The Kier molecular flexibility index (Phi) is 4.44. The van der Waals surface area contributed by atoms with Crippen molar-refractivity contribution in [3.8, 4) is 0 Å². The van der Waals surface area contributed by atoms with Gasteiger partial charge in [0.05, 0.1) is 17.1 Å². The Hall–Kier alpha value is -1.08. The first-order valence-electron chi connectivity index (χ1n) is 7.88. The second-order valence-electron chi connectivity index (χ2n) is 6.53. The zero-order chi connectivity index (χ0) is 16.7. The molecule has 1 aromatic carbocycles. The van der Waals surface area contributed by atoms with Crippen molar-refractivity contribution in [3.05, 3.63) is 35.4 Å². The van der Waals surface area contributed by atoms with Crippen LogP contribution < -0.4 is 5.32 Å². The van der Waals surface area contributed by atoms with Crippen LogP contribution in [0.5, 0.6) is 0 Å². The Balaban J connectivity index is 1.75. The van der Waals surface area contributed by atoms with Gasteiger partial charge in [0.25, 0.3) is 0 Å². The van der Waals surface area contributed by atoms with Crippen molar-refractivity contribution in [1.29, 1.82) is 0 Å². The third-order valence-corrected chi connectivity index (χ3v) is 6.35. The summed E-state index contributed by atoms with van der Waals surface area (Å²) in [6, 6.07) is 5.41. The average Bonchev–Trinajstić information content (AvgIpc) is 3.30. The summed E-state index contributed by atoms with van der Waals surface area (Å²) in [5.41, 5.74) is 0.0180. The van der Waals surface area contributed by atoms with E-state index in [0.29, 0.717) is 24.3 Å². The molecule has 0 radical (unpaired) electrons. The van der Waals surface area contributed by atoms with Crippen molar-refractivity contribution >= 4 is 9.84 Å². The maximum Gasteiger partial charge on any atom is 0.416 e. The first-order valence-corrected chi connectivity index (χ1v) is 9.70. The van der Waals surface area contributed by atoms with Crippen LogP contribution in [0.15, 0.2) is 24.3 Å². The van der Waals surface area contributed by atoms with Gasteiger partial charge in [0.1, 0.15) is 9.84 Å². The van der Waals surface area contributed by atoms with Crippen LogP contribution in [0.4, 0.5) is 13.2 Å². The molecule has 3 rings (SSSR count). The molecule has 1 saturated carbocycles. The summed E-state index contributed by atoms with van der Waals surface area (Å²) in [6.45, 7) is 0. The fourth-order valence-corrected chi connectivity index (χ4v) is 4.64. The molecule has 2 aliphatic rings. The molecule has 7 heteroatoms. The van der Waals surface area contributed by atoms with Crippen LogP contribution in [0.25, 0.3) is 0 Å². The first-order chi connectivity index (χ1) is 10.7. The molecule has 1 heterocycles. The lowest BCUT2D eigenvalue weighted by Gasteiger charge is -2.29. The number of alkyl halides is 3. The minimum atomic E-state index is -4.34. The Bertz CT molecular complexity index is 654. The Morgan fingerprint density at radius 3 is 2.30 bits per heavy atom. The zero-order valence-corrected chi connectivity index (χ0v) is 13.5. The Morgan fingerprint density at radius 1 is 1.09 bits per heavy atom. The zero-order valence-electron chi connectivity index (χ0n) is 12.6. The van der Waals surface area contributed by atoms with Crippen LogP contribution in [0, 0.1) is 5.92 Å². The van der Waals surface area contributed by atoms with E-state index < -0.39 is 21.6 Å². The summed E-state index contributed by atoms with van der Waals surface area (Å²) < 4.78 is 61.7. The van der Waals surface area contributed by atoms with E-state index >= 15 is 0 Å². The van der Waals surface area contributed by atoms with Crippen molar-refractivity contribution in [1.82, 2.24) is 5.32 Å². The summed E-state index contributed by atoms with van der Waals surface area (Å²) in [6.07, 6.45) is -1.28. The normalized spacial score (nSPS) is 23.6. The number of hydrogen-bond donors (Lipinski definition) is 1. The van der Waals surface area contributed by atoms with Gasteiger partial charge >= 0.3 is 6.18 Å². The number of hydrogen-bond acceptors (Lipinski definition) is 3. The van der Waals surface area contributed by atoms with Crippen molar-refractivity contribution in [2.24, 2.45) is 5.92 Å². The van der Waals surface area contributed by atoms with Crippen molar-refractivity contribution < 1.29 is 21.6 Å². The highest BCUT2D eigenvalue weighted by atomic mass is 32.2. The third-order valence-electron chi connectivity index (χ3n) is 4.64. The number of sulfone groups is 1. The van der Waals surface area contributed by atoms with Crippen LogP contribution in [-0.4, -0.2) is 26.0 Å². The quantitative estimate of drug-likeness (QED) is 0.909. The molecular formula is C16H20F3NO2S. The predicted octanol–water partition coefficient (Wildman–Crippen LogP) is 3.32. The highest BCUT2D eigenvalue weighted by Gasteiger charge is 2.37. The minimum absolute atomic E-state index is 0.0543. The van der Waals surface area contributed by atoms with E-state index in [0.717, 1.165) is 18.9 Å². The van der Waals surface area contributed by atoms with Crippen LogP contribution in [0.3, 0.4) is 0 Å². The second kappa shape index (κ2) is 6.09. The molecule has 1 aromatic rings. The second-order valence-corrected chi connectivity index (χ2v) is 8.83. The molecule has 0 amide bonds. The van der Waals surface area contributed by atoms with Crippen molar-refractivity contribution in [3.63, 3.8) is 0 Å². The van der Waals surface area contributed by atoms with Crippen LogP contribution in [0.2, 0.25) is 0 Å². The van der Waals surface area contributed by atoms with E-state index in [-0.39, 0.29) is 23.6 Å². The van der Waals surface area contributed by atoms with Gasteiger partial charge in [-0.25, -0.2) is 8.42 Å². The lowest BCUT2D eigenvalue weighted by Crippen LogP contribution is -2.40. The molecule has 0 unspecified atom stereocenters. The maximum atomic E-state index is 12.9. The lowest BCUT2D eigenvalue weighted by atomic mass is 9.98. The molecule has 0 bridgehead atoms. The third kappa shape index (κ3) is 4.26. The molecule has 1 aliphatic heterocycles. The van der Waals surface area contributed by atoms with E-state index in [9.17, 15) is 21.6 Å². The van der Waals surface area contributed by atoms with E-state index in [2.05, 4.69) is 5.32 Å². The topological polar surface area (TPSA) is 46.2 Å². The maximum absolute atomic E-state index is 12.9. The van der Waals surface area contributed by atoms with Crippen LogP contribution in [-0.2, 0) is 16.0 Å². The molecule has 3 nitrogen and oxygen atoms in total. The highest BCUT2D eigenvalue weighted by Crippen LogP contribution is 2.42. The molecule has 0 aromatic heterocycles. The SMILES string of the molecule is O=S1(=O)CCC(N[C@@H](c2cccc(C(F)(F)F)c2)C2CC2)CC1. The number of nitrogens with one attached hydrogen (secondary N) is 1. The standard InChI is InChI=1S/C16H20F3NO2S/c17-16(18,19)13-3-1-2-12(10-13)15(11-4-5-11)20-14-6-8-23(21,22)9-7-14/h1-3,10-11,14-15,20H,4-9H2/t15-/m1/s1. The molecule has 0 spiro atoms. The van der Waals surface area contributed by atoms with Gasteiger partial charge in [0.2, 0.25) is 0 Å². The predicted molar refractivity (Wildman–Crippen MR) is 81.7 cm³/mol. The van der Waals surface area contributed by atoms with E-state index in [4.69, 9.17) is 0 Å². The lowest BCUT2D eigenvalue weighted by molar-refractivity contribution is -0.137. The fraction of sp³-hybridized carbons (Fsp3) is 0.625. The highest BCUT2D eigenvalue weighted by molar-refractivity contribution is 7.91. The minimum Gasteiger partial charge on any atom is -0.307 e.